The first-order valence-electron chi connectivity index (χ1n) is 6.88. The van der Waals surface area contributed by atoms with Gasteiger partial charge in [-0.25, -0.2) is 0 Å². The number of Topliss-reactive ketones (excluding diaryl/α,β-unsaturated/α-hetero) is 1. The van der Waals surface area contributed by atoms with Crippen LogP contribution in [0.1, 0.15) is 17.3 Å². The molecule has 108 valence electrons. The molecule has 0 unspecified atom stereocenters. The highest BCUT2D eigenvalue weighted by Crippen LogP contribution is 2.35. The Morgan fingerprint density at radius 2 is 1.64 bits per heavy atom. The summed E-state index contributed by atoms with van der Waals surface area (Å²) >= 11 is 0. The first kappa shape index (κ1) is 13.9. The van der Waals surface area contributed by atoms with E-state index < -0.39 is 0 Å². The van der Waals surface area contributed by atoms with Gasteiger partial charge in [0, 0.05) is 10.9 Å². The molecule has 0 bridgehead atoms. The van der Waals surface area contributed by atoms with E-state index in [4.69, 9.17) is 0 Å². The molecular formula is C18H14N2O2. The van der Waals surface area contributed by atoms with Gasteiger partial charge in [-0.15, -0.1) is 5.11 Å². The highest BCUT2D eigenvalue weighted by molar-refractivity contribution is 5.95. The number of fused-ring (bicyclic) bond motifs is 1. The van der Waals surface area contributed by atoms with Gasteiger partial charge < -0.3 is 5.11 Å². The van der Waals surface area contributed by atoms with Gasteiger partial charge in [0.2, 0.25) is 0 Å². The molecule has 0 aliphatic rings. The van der Waals surface area contributed by atoms with Crippen LogP contribution < -0.4 is 0 Å². The number of rotatable bonds is 3. The van der Waals surface area contributed by atoms with Crippen LogP contribution in [0.2, 0.25) is 0 Å². The molecule has 0 spiro atoms. The van der Waals surface area contributed by atoms with Crippen LogP contribution in [0.3, 0.4) is 0 Å². The number of phenolic OH excluding ortho intramolecular Hbond substituents is 1. The van der Waals surface area contributed by atoms with E-state index >= 15 is 0 Å². The minimum absolute atomic E-state index is 0.00943. The molecule has 0 saturated carbocycles. The average Bonchev–Trinajstić information content (AvgIpc) is 2.54. The van der Waals surface area contributed by atoms with E-state index in [1.54, 1.807) is 30.3 Å². The summed E-state index contributed by atoms with van der Waals surface area (Å²) in [5, 5.41) is 20.1. The Balaban J connectivity index is 1.98. The van der Waals surface area contributed by atoms with Crippen molar-refractivity contribution in [3.8, 4) is 5.75 Å². The zero-order valence-corrected chi connectivity index (χ0v) is 12.0. The maximum atomic E-state index is 11.2. The number of benzene rings is 3. The van der Waals surface area contributed by atoms with Crippen LogP contribution in [0.4, 0.5) is 11.4 Å². The largest absolute Gasteiger partial charge is 0.506 e. The SMILES string of the molecule is CC(=O)c1ccc(N=Nc2c(O)ccc3ccccc23)cc1. The number of hydrogen-bond donors (Lipinski definition) is 1. The van der Waals surface area contributed by atoms with Crippen LogP contribution in [0.25, 0.3) is 10.8 Å². The molecule has 0 aromatic heterocycles. The lowest BCUT2D eigenvalue weighted by Crippen LogP contribution is -1.89. The Labute approximate surface area is 127 Å². The monoisotopic (exact) mass is 290 g/mol. The maximum absolute atomic E-state index is 11.2. The number of hydrogen-bond acceptors (Lipinski definition) is 4. The predicted octanol–water partition coefficient (Wildman–Crippen LogP) is 5.16. The van der Waals surface area contributed by atoms with Gasteiger partial charge in [0.1, 0.15) is 11.4 Å². The van der Waals surface area contributed by atoms with Crippen LogP contribution in [0, 0.1) is 0 Å². The van der Waals surface area contributed by atoms with E-state index in [1.165, 1.54) is 6.92 Å². The van der Waals surface area contributed by atoms with Crippen molar-refractivity contribution < 1.29 is 9.90 Å². The summed E-state index contributed by atoms with van der Waals surface area (Å²) in [5.41, 5.74) is 1.69. The second kappa shape index (κ2) is 5.77. The molecule has 0 atom stereocenters. The Bertz CT molecular complexity index is 868. The third kappa shape index (κ3) is 2.72. The first-order chi connectivity index (χ1) is 10.6. The van der Waals surface area contributed by atoms with E-state index in [0.29, 0.717) is 16.9 Å². The van der Waals surface area contributed by atoms with E-state index in [0.717, 1.165) is 10.8 Å². The Hall–Kier alpha value is -3.01. The molecular weight excluding hydrogens is 276 g/mol. The van der Waals surface area contributed by atoms with E-state index in [-0.39, 0.29) is 11.5 Å². The van der Waals surface area contributed by atoms with Gasteiger partial charge in [-0.1, -0.05) is 30.3 Å². The lowest BCUT2D eigenvalue weighted by atomic mass is 10.1. The minimum Gasteiger partial charge on any atom is -0.506 e. The normalized spacial score (nSPS) is 11.1. The lowest BCUT2D eigenvalue weighted by molar-refractivity contribution is 0.101. The van der Waals surface area contributed by atoms with Gasteiger partial charge >= 0.3 is 0 Å². The highest BCUT2D eigenvalue weighted by Gasteiger charge is 2.05. The van der Waals surface area contributed by atoms with Crippen LogP contribution in [0.15, 0.2) is 70.9 Å². The molecule has 3 aromatic rings. The molecule has 4 heteroatoms. The summed E-state index contributed by atoms with van der Waals surface area (Å²) in [6.07, 6.45) is 0. The van der Waals surface area contributed by atoms with Crippen LogP contribution >= 0.6 is 0 Å². The summed E-state index contributed by atoms with van der Waals surface area (Å²) in [5.74, 6) is 0.0954. The summed E-state index contributed by atoms with van der Waals surface area (Å²) in [6.45, 7) is 1.52. The standard InChI is InChI=1S/C18H14N2O2/c1-12(21)13-6-9-15(10-7-13)19-20-18-16-5-3-2-4-14(16)8-11-17(18)22/h2-11,22H,1H3. The van der Waals surface area contributed by atoms with Crippen molar-refractivity contribution in [3.63, 3.8) is 0 Å². The van der Waals surface area contributed by atoms with Crippen molar-refractivity contribution in [2.75, 3.05) is 0 Å². The molecule has 0 heterocycles. The number of aromatic hydroxyl groups is 1. The highest BCUT2D eigenvalue weighted by atomic mass is 16.3. The average molecular weight is 290 g/mol. The van der Waals surface area contributed by atoms with Crippen LogP contribution in [-0.4, -0.2) is 10.9 Å². The molecule has 0 saturated heterocycles. The number of azo groups is 1. The summed E-state index contributed by atoms with van der Waals surface area (Å²) < 4.78 is 0. The van der Waals surface area contributed by atoms with E-state index in [9.17, 15) is 9.90 Å². The minimum atomic E-state index is 0.00943. The third-order valence-electron chi connectivity index (χ3n) is 3.42. The second-order valence-corrected chi connectivity index (χ2v) is 4.96. The molecule has 3 rings (SSSR count). The van der Waals surface area contributed by atoms with Crippen molar-refractivity contribution in [2.24, 2.45) is 10.2 Å². The van der Waals surface area contributed by atoms with Gasteiger partial charge in [-0.05, 0) is 42.6 Å². The molecule has 4 nitrogen and oxygen atoms in total. The fourth-order valence-corrected chi connectivity index (χ4v) is 2.22. The molecule has 0 aliphatic carbocycles. The second-order valence-electron chi connectivity index (χ2n) is 4.96. The quantitative estimate of drug-likeness (QED) is 0.534. The van der Waals surface area contributed by atoms with Crippen molar-refractivity contribution in [2.45, 2.75) is 6.92 Å². The Kier molecular flexibility index (Phi) is 3.66. The Morgan fingerprint density at radius 1 is 0.909 bits per heavy atom. The molecule has 0 amide bonds. The number of nitrogens with zero attached hydrogens (tertiary/aromatic N) is 2. The van der Waals surface area contributed by atoms with Crippen molar-refractivity contribution >= 4 is 27.9 Å². The summed E-state index contributed by atoms with van der Waals surface area (Å²) in [7, 11) is 0. The lowest BCUT2D eigenvalue weighted by Gasteiger charge is -2.03. The smallest absolute Gasteiger partial charge is 0.159 e. The molecule has 22 heavy (non-hydrogen) atoms. The van der Waals surface area contributed by atoms with Gasteiger partial charge in [0.15, 0.2) is 5.78 Å². The summed E-state index contributed by atoms with van der Waals surface area (Å²) in [4.78, 5) is 11.2. The molecule has 0 fully saturated rings. The molecule has 0 aliphatic heterocycles. The molecule has 0 radical (unpaired) electrons. The topological polar surface area (TPSA) is 62.0 Å². The van der Waals surface area contributed by atoms with Crippen LogP contribution in [-0.2, 0) is 0 Å². The van der Waals surface area contributed by atoms with Crippen LogP contribution in [0.5, 0.6) is 5.75 Å². The predicted molar refractivity (Wildman–Crippen MR) is 86.2 cm³/mol. The number of carbonyl (C=O) groups excluding carboxylic acids is 1. The van der Waals surface area contributed by atoms with Crippen molar-refractivity contribution in [1.29, 1.82) is 0 Å². The number of ketones is 1. The van der Waals surface area contributed by atoms with Gasteiger partial charge in [-0.3, -0.25) is 4.79 Å². The zero-order chi connectivity index (χ0) is 15.5. The van der Waals surface area contributed by atoms with Gasteiger partial charge in [0.25, 0.3) is 0 Å². The first-order valence-corrected chi connectivity index (χ1v) is 6.88. The maximum Gasteiger partial charge on any atom is 0.159 e. The fraction of sp³-hybridized carbons (Fsp3) is 0.0556. The van der Waals surface area contributed by atoms with Crippen molar-refractivity contribution in [1.82, 2.24) is 0 Å². The molecule has 1 N–H and O–H groups in total. The van der Waals surface area contributed by atoms with E-state index in [1.807, 2.05) is 30.3 Å². The number of phenols is 1. The van der Waals surface area contributed by atoms with Gasteiger partial charge in [0.05, 0.1) is 5.69 Å². The number of carbonyl (C=O) groups is 1. The molecule has 3 aromatic carbocycles. The van der Waals surface area contributed by atoms with Crippen molar-refractivity contribution in [3.05, 3.63) is 66.2 Å². The fourth-order valence-electron chi connectivity index (χ4n) is 2.22. The summed E-state index contributed by atoms with van der Waals surface area (Å²) in [6, 6.07) is 18.0. The van der Waals surface area contributed by atoms with Gasteiger partial charge in [-0.2, -0.15) is 5.11 Å². The zero-order valence-electron chi connectivity index (χ0n) is 12.0. The third-order valence-corrected chi connectivity index (χ3v) is 3.42. The Morgan fingerprint density at radius 3 is 2.36 bits per heavy atom. The van der Waals surface area contributed by atoms with E-state index in [2.05, 4.69) is 10.2 Å².